The molecular formula is C22H21N3O5. The van der Waals surface area contributed by atoms with Gasteiger partial charge in [0.15, 0.2) is 11.5 Å². The van der Waals surface area contributed by atoms with Gasteiger partial charge in [0.25, 0.3) is 11.1 Å². The van der Waals surface area contributed by atoms with E-state index in [2.05, 4.69) is 5.10 Å². The highest BCUT2D eigenvalue weighted by Gasteiger charge is 2.31. The van der Waals surface area contributed by atoms with Crippen LogP contribution in [-0.2, 0) is 11.3 Å². The maximum atomic E-state index is 13.1. The van der Waals surface area contributed by atoms with Crippen LogP contribution in [0, 0.1) is 0 Å². The minimum absolute atomic E-state index is 0.101. The van der Waals surface area contributed by atoms with E-state index < -0.39 is 0 Å². The molecule has 0 unspecified atom stereocenters. The molecule has 0 bridgehead atoms. The first kappa shape index (κ1) is 18.5. The second kappa shape index (κ2) is 7.37. The van der Waals surface area contributed by atoms with Crippen molar-refractivity contribution in [1.82, 2.24) is 14.7 Å². The van der Waals surface area contributed by atoms with Gasteiger partial charge in [0.2, 0.25) is 5.91 Å². The molecule has 1 aromatic heterocycles. The molecule has 1 fully saturated rings. The second-order valence-electron chi connectivity index (χ2n) is 7.53. The highest BCUT2D eigenvalue weighted by molar-refractivity contribution is 5.81. The summed E-state index contributed by atoms with van der Waals surface area (Å²) in [7, 11) is 0. The lowest BCUT2D eigenvalue weighted by Crippen LogP contribution is -2.39. The summed E-state index contributed by atoms with van der Waals surface area (Å²) in [5, 5.41) is 3.16. The molecule has 2 aliphatic heterocycles. The van der Waals surface area contributed by atoms with E-state index in [-0.39, 0.29) is 29.6 Å². The van der Waals surface area contributed by atoms with Crippen molar-refractivity contribution < 1.29 is 14.3 Å². The number of rotatable bonds is 3. The zero-order valence-corrected chi connectivity index (χ0v) is 16.3. The first-order valence-electron chi connectivity index (χ1n) is 10.0. The fourth-order valence-electron chi connectivity index (χ4n) is 4.26. The highest BCUT2D eigenvalue weighted by Crippen LogP contribution is 2.38. The predicted molar refractivity (Wildman–Crippen MR) is 110 cm³/mol. The lowest BCUT2D eigenvalue weighted by molar-refractivity contribution is -0.133. The molecule has 5 rings (SSSR count). The molecule has 30 heavy (non-hydrogen) atoms. The van der Waals surface area contributed by atoms with Gasteiger partial charge in [0.05, 0.1) is 16.8 Å². The summed E-state index contributed by atoms with van der Waals surface area (Å²) < 4.78 is 12.4. The average molecular weight is 407 g/mol. The molecule has 154 valence electrons. The Morgan fingerprint density at radius 1 is 1.03 bits per heavy atom. The number of benzene rings is 2. The van der Waals surface area contributed by atoms with Gasteiger partial charge >= 0.3 is 0 Å². The zero-order chi connectivity index (χ0) is 20.7. The standard InChI is InChI=1S/C22H21N3O5/c26-20(13-25-22(28)16-5-2-1-4-15(16)21(27)23-25)24-9-3-6-17(24)14-7-8-18-19(12-14)30-11-10-29-18/h1-2,4-5,7-8,12,17H,3,6,9-11,13H2,(H,23,27)/t17-/m1/s1. The molecule has 1 saturated heterocycles. The number of hydrogen-bond acceptors (Lipinski definition) is 5. The normalized spacial score (nSPS) is 18.0. The van der Waals surface area contributed by atoms with Crippen LogP contribution in [0.2, 0.25) is 0 Å². The number of hydrogen-bond donors (Lipinski definition) is 1. The van der Waals surface area contributed by atoms with Crippen molar-refractivity contribution in [3.63, 3.8) is 0 Å². The second-order valence-corrected chi connectivity index (χ2v) is 7.53. The van der Waals surface area contributed by atoms with E-state index in [1.54, 1.807) is 29.2 Å². The molecule has 0 radical (unpaired) electrons. The Morgan fingerprint density at radius 3 is 2.63 bits per heavy atom. The molecule has 1 amide bonds. The maximum absolute atomic E-state index is 13.1. The summed E-state index contributed by atoms with van der Waals surface area (Å²) in [6.07, 6.45) is 1.70. The monoisotopic (exact) mass is 407 g/mol. The van der Waals surface area contributed by atoms with Crippen LogP contribution in [0.25, 0.3) is 10.8 Å². The number of nitrogens with zero attached hydrogens (tertiary/aromatic N) is 2. The van der Waals surface area contributed by atoms with Crippen LogP contribution >= 0.6 is 0 Å². The molecule has 8 heteroatoms. The maximum Gasteiger partial charge on any atom is 0.273 e. The molecule has 2 aliphatic rings. The number of likely N-dealkylation sites (tertiary alicyclic amines) is 1. The van der Waals surface area contributed by atoms with Crippen LogP contribution in [-0.4, -0.2) is 40.3 Å². The van der Waals surface area contributed by atoms with E-state index in [0.29, 0.717) is 42.0 Å². The lowest BCUT2D eigenvalue weighted by atomic mass is 10.0. The molecule has 2 aromatic carbocycles. The molecule has 8 nitrogen and oxygen atoms in total. The fraction of sp³-hybridized carbons (Fsp3) is 0.318. The molecule has 1 N–H and O–H groups in total. The van der Waals surface area contributed by atoms with Crippen LogP contribution in [0.3, 0.4) is 0 Å². The minimum Gasteiger partial charge on any atom is -0.486 e. The van der Waals surface area contributed by atoms with Crippen LogP contribution < -0.4 is 20.6 Å². The summed E-state index contributed by atoms with van der Waals surface area (Å²) in [6.45, 7) is 1.42. The van der Waals surface area contributed by atoms with E-state index >= 15 is 0 Å². The van der Waals surface area contributed by atoms with Gasteiger partial charge in [-0.3, -0.25) is 19.5 Å². The Labute approximate surface area is 171 Å². The lowest BCUT2D eigenvalue weighted by Gasteiger charge is -2.27. The summed E-state index contributed by atoms with van der Waals surface area (Å²) in [5.41, 5.74) is 0.209. The SMILES string of the molecule is O=C(Cn1[nH]c(=O)c2ccccc2c1=O)N1CCC[C@@H]1c1ccc2c(c1)OCCO2. The van der Waals surface area contributed by atoms with Gasteiger partial charge in [0.1, 0.15) is 19.8 Å². The first-order chi connectivity index (χ1) is 14.6. The summed E-state index contributed by atoms with van der Waals surface area (Å²) in [4.78, 5) is 39.9. The van der Waals surface area contributed by atoms with Crippen molar-refractivity contribution in [3.05, 3.63) is 68.7 Å². The van der Waals surface area contributed by atoms with Crippen LogP contribution in [0.4, 0.5) is 0 Å². The summed E-state index contributed by atoms with van der Waals surface area (Å²) in [5.74, 6) is 1.19. The van der Waals surface area contributed by atoms with Crippen molar-refractivity contribution in [2.45, 2.75) is 25.4 Å². The van der Waals surface area contributed by atoms with Crippen molar-refractivity contribution in [1.29, 1.82) is 0 Å². The first-order valence-corrected chi connectivity index (χ1v) is 10.0. The third kappa shape index (κ3) is 3.14. The third-order valence-electron chi connectivity index (χ3n) is 5.70. The van der Waals surface area contributed by atoms with Gasteiger partial charge in [-0.25, -0.2) is 4.68 Å². The zero-order valence-electron chi connectivity index (χ0n) is 16.3. The van der Waals surface area contributed by atoms with E-state index in [9.17, 15) is 14.4 Å². The van der Waals surface area contributed by atoms with Crippen LogP contribution in [0.5, 0.6) is 11.5 Å². The van der Waals surface area contributed by atoms with Gasteiger partial charge in [0, 0.05) is 6.54 Å². The van der Waals surface area contributed by atoms with Crippen molar-refractivity contribution in [3.8, 4) is 11.5 Å². The Bertz CT molecular complexity index is 1250. The van der Waals surface area contributed by atoms with Crippen molar-refractivity contribution in [2.75, 3.05) is 19.8 Å². The predicted octanol–water partition coefficient (Wildman–Crippen LogP) is 1.82. The summed E-state index contributed by atoms with van der Waals surface area (Å²) in [6, 6.07) is 12.2. The Hall–Kier alpha value is -3.55. The van der Waals surface area contributed by atoms with E-state index in [0.717, 1.165) is 23.1 Å². The van der Waals surface area contributed by atoms with E-state index in [1.165, 1.54) is 0 Å². The van der Waals surface area contributed by atoms with E-state index in [1.807, 2.05) is 18.2 Å². The Kier molecular flexibility index (Phi) is 4.54. The number of fused-ring (bicyclic) bond motifs is 2. The van der Waals surface area contributed by atoms with Crippen molar-refractivity contribution >= 4 is 16.7 Å². The van der Waals surface area contributed by atoms with Gasteiger partial charge in [-0.2, -0.15) is 0 Å². The number of carbonyl (C=O) groups is 1. The van der Waals surface area contributed by atoms with Crippen LogP contribution in [0.1, 0.15) is 24.4 Å². The molecule has 0 spiro atoms. The largest absolute Gasteiger partial charge is 0.486 e. The molecule has 3 heterocycles. The molecule has 0 aliphatic carbocycles. The highest BCUT2D eigenvalue weighted by atomic mass is 16.6. The smallest absolute Gasteiger partial charge is 0.273 e. The van der Waals surface area contributed by atoms with Gasteiger partial charge in [-0.15, -0.1) is 0 Å². The topological polar surface area (TPSA) is 93.6 Å². The van der Waals surface area contributed by atoms with Crippen LogP contribution in [0.15, 0.2) is 52.1 Å². The molecular weight excluding hydrogens is 386 g/mol. The number of aromatic nitrogens is 2. The van der Waals surface area contributed by atoms with Gasteiger partial charge in [-0.1, -0.05) is 18.2 Å². The van der Waals surface area contributed by atoms with E-state index in [4.69, 9.17) is 9.47 Å². The number of carbonyl (C=O) groups excluding carboxylic acids is 1. The quantitative estimate of drug-likeness (QED) is 0.715. The third-order valence-corrected chi connectivity index (χ3v) is 5.70. The number of aromatic amines is 1. The van der Waals surface area contributed by atoms with Gasteiger partial charge < -0.3 is 14.4 Å². The minimum atomic E-state index is -0.386. The molecule has 0 saturated carbocycles. The molecule has 1 atom stereocenters. The number of amides is 1. The van der Waals surface area contributed by atoms with Gasteiger partial charge in [-0.05, 0) is 42.7 Å². The number of nitrogens with one attached hydrogen (secondary N) is 1. The average Bonchev–Trinajstić information content (AvgIpc) is 3.27. The Morgan fingerprint density at radius 2 is 1.80 bits per heavy atom. The van der Waals surface area contributed by atoms with Crippen molar-refractivity contribution in [2.24, 2.45) is 0 Å². The summed E-state index contributed by atoms with van der Waals surface area (Å²) >= 11 is 0. The number of ether oxygens (including phenoxy) is 2. The number of H-pyrrole nitrogens is 1. The fourth-order valence-corrected chi connectivity index (χ4v) is 4.26. The Balaban J connectivity index is 1.42. The molecule has 3 aromatic rings.